The van der Waals surface area contributed by atoms with E-state index in [9.17, 15) is 9.59 Å². The van der Waals surface area contributed by atoms with Crippen LogP contribution in [0.1, 0.15) is 29.1 Å². The van der Waals surface area contributed by atoms with Gasteiger partial charge in [0.2, 0.25) is 11.8 Å². The second-order valence-corrected chi connectivity index (χ2v) is 10.1. The maximum Gasteiger partial charge on any atom is 0.247 e. The van der Waals surface area contributed by atoms with Crippen molar-refractivity contribution in [3.05, 3.63) is 88.4 Å². The van der Waals surface area contributed by atoms with Crippen molar-refractivity contribution in [3.63, 3.8) is 0 Å². The standard InChI is InChI=1S/C29H25N5O2S/c35-28-2-1-12-34(28)23-5-3-19(4-6-23)21-14-22(18-30-17-21)24-7-9-31-26-16-20(15-25(24)26)29(36)33-10-8-27-32-11-13-37-27/h3-7,9,11,13-15,17-18H,1-2,8,10,12,16H2,(H,33,36). The van der Waals surface area contributed by atoms with Crippen LogP contribution in [-0.2, 0) is 22.4 Å². The summed E-state index contributed by atoms with van der Waals surface area (Å²) in [5, 5.41) is 5.96. The van der Waals surface area contributed by atoms with E-state index in [-0.39, 0.29) is 11.8 Å². The van der Waals surface area contributed by atoms with Gasteiger partial charge in [-0.1, -0.05) is 12.1 Å². The lowest BCUT2D eigenvalue weighted by Gasteiger charge is -2.16. The van der Waals surface area contributed by atoms with E-state index in [1.807, 2.05) is 59.1 Å². The number of hydrogen-bond acceptors (Lipinski definition) is 6. The zero-order valence-electron chi connectivity index (χ0n) is 20.2. The van der Waals surface area contributed by atoms with Crippen molar-refractivity contribution in [2.45, 2.75) is 25.7 Å². The molecule has 2 aliphatic rings. The highest BCUT2D eigenvalue weighted by Gasteiger charge is 2.23. The number of thiazole rings is 1. The van der Waals surface area contributed by atoms with Crippen LogP contribution in [0, 0.1) is 0 Å². The Labute approximate surface area is 218 Å². The van der Waals surface area contributed by atoms with E-state index in [2.05, 4.69) is 26.3 Å². The van der Waals surface area contributed by atoms with Crippen molar-refractivity contribution >= 4 is 34.9 Å². The van der Waals surface area contributed by atoms with Crippen LogP contribution in [0.5, 0.6) is 0 Å². The van der Waals surface area contributed by atoms with Gasteiger partial charge in [-0.15, -0.1) is 11.3 Å². The lowest BCUT2D eigenvalue weighted by molar-refractivity contribution is -0.118. The third-order valence-electron chi connectivity index (χ3n) is 6.78. The molecule has 4 aromatic rings. The molecule has 0 saturated carbocycles. The third-order valence-corrected chi connectivity index (χ3v) is 7.62. The van der Waals surface area contributed by atoms with Crippen LogP contribution in [0.4, 0.5) is 5.69 Å². The first-order valence-electron chi connectivity index (χ1n) is 12.4. The van der Waals surface area contributed by atoms with Gasteiger partial charge < -0.3 is 10.2 Å². The van der Waals surface area contributed by atoms with Gasteiger partial charge in [-0.3, -0.25) is 19.6 Å². The number of anilines is 1. The van der Waals surface area contributed by atoms with Crippen molar-refractivity contribution in [1.82, 2.24) is 20.3 Å². The molecule has 6 rings (SSSR count). The van der Waals surface area contributed by atoms with Gasteiger partial charge in [0.15, 0.2) is 0 Å². The Balaban J connectivity index is 1.21. The maximum absolute atomic E-state index is 12.8. The molecule has 37 heavy (non-hydrogen) atoms. The Morgan fingerprint density at radius 2 is 1.89 bits per heavy atom. The fourth-order valence-electron chi connectivity index (χ4n) is 4.89. The molecule has 1 saturated heterocycles. The minimum Gasteiger partial charge on any atom is -0.352 e. The van der Waals surface area contributed by atoms with Crippen LogP contribution in [0.15, 0.2) is 72.1 Å². The molecule has 0 radical (unpaired) electrons. The van der Waals surface area contributed by atoms with Crippen LogP contribution in [0.3, 0.4) is 0 Å². The first-order valence-corrected chi connectivity index (χ1v) is 13.2. The molecule has 8 heteroatoms. The summed E-state index contributed by atoms with van der Waals surface area (Å²) in [6.45, 7) is 1.33. The first kappa shape index (κ1) is 23.2. The molecule has 0 unspecified atom stereocenters. The first-order chi connectivity index (χ1) is 18.2. The Morgan fingerprint density at radius 1 is 1.03 bits per heavy atom. The van der Waals surface area contributed by atoms with Crippen molar-refractivity contribution in [3.8, 4) is 22.3 Å². The van der Waals surface area contributed by atoms with Gasteiger partial charge >= 0.3 is 0 Å². The number of benzene rings is 1. The van der Waals surface area contributed by atoms with Gasteiger partial charge in [0.25, 0.3) is 0 Å². The molecular weight excluding hydrogens is 482 g/mol. The largest absolute Gasteiger partial charge is 0.352 e. The zero-order chi connectivity index (χ0) is 25.2. The van der Waals surface area contributed by atoms with Crippen molar-refractivity contribution in [2.75, 3.05) is 18.0 Å². The number of rotatable bonds is 7. The molecule has 0 spiro atoms. The number of carbonyl (C=O) groups excluding carboxylic acids is 2. The molecule has 2 amide bonds. The molecule has 184 valence electrons. The maximum atomic E-state index is 12.8. The smallest absolute Gasteiger partial charge is 0.247 e. The summed E-state index contributed by atoms with van der Waals surface area (Å²) in [5.41, 5.74) is 7.51. The normalized spacial score (nSPS) is 14.5. The summed E-state index contributed by atoms with van der Waals surface area (Å²) in [6.07, 6.45) is 12.0. The predicted octanol–water partition coefficient (Wildman–Crippen LogP) is 4.69. The molecule has 1 fully saturated rings. The summed E-state index contributed by atoms with van der Waals surface area (Å²) in [7, 11) is 0. The van der Waals surface area contributed by atoms with Gasteiger partial charge in [0.05, 0.1) is 10.7 Å². The van der Waals surface area contributed by atoms with E-state index in [0.717, 1.165) is 63.6 Å². The minimum atomic E-state index is -0.0658. The number of nitrogens with one attached hydrogen (secondary N) is 1. The number of nitrogens with zero attached hydrogens (tertiary/aromatic N) is 4. The quantitative estimate of drug-likeness (QED) is 0.392. The molecule has 0 atom stereocenters. The SMILES string of the molecule is O=C(NCCc1nccs1)C1=Cc2c(-c3cncc(-c4ccc(N5CCCC5=O)cc4)c3)ccnc2C1. The van der Waals surface area contributed by atoms with E-state index in [1.165, 1.54) is 0 Å². The molecule has 1 aromatic carbocycles. The highest BCUT2D eigenvalue weighted by atomic mass is 32.1. The van der Waals surface area contributed by atoms with Gasteiger partial charge in [-0.2, -0.15) is 0 Å². The zero-order valence-corrected chi connectivity index (χ0v) is 21.0. The molecular formula is C29H25N5O2S. The summed E-state index contributed by atoms with van der Waals surface area (Å²) in [6, 6.07) is 12.1. The van der Waals surface area contributed by atoms with Gasteiger partial charge in [-0.25, -0.2) is 4.98 Å². The van der Waals surface area contributed by atoms with Crippen LogP contribution in [0.25, 0.3) is 28.3 Å². The summed E-state index contributed by atoms with van der Waals surface area (Å²) in [5.74, 6) is 0.118. The number of hydrogen-bond donors (Lipinski definition) is 1. The molecule has 1 N–H and O–H groups in total. The Bertz CT molecular complexity index is 1500. The molecule has 1 aliphatic heterocycles. The van der Waals surface area contributed by atoms with E-state index in [4.69, 9.17) is 0 Å². The van der Waals surface area contributed by atoms with Crippen molar-refractivity contribution < 1.29 is 9.59 Å². The Hall–Kier alpha value is -4.17. The highest BCUT2D eigenvalue weighted by Crippen LogP contribution is 2.34. The second-order valence-electron chi connectivity index (χ2n) is 9.16. The average molecular weight is 508 g/mol. The number of pyridine rings is 2. The molecule has 7 nitrogen and oxygen atoms in total. The lowest BCUT2D eigenvalue weighted by Crippen LogP contribution is -2.27. The Morgan fingerprint density at radius 3 is 2.68 bits per heavy atom. The summed E-state index contributed by atoms with van der Waals surface area (Å²) >= 11 is 1.59. The Kier molecular flexibility index (Phi) is 6.32. The van der Waals surface area contributed by atoms with E-state index in [1.54, 1.807) is 23.7 Å². The van der Waals surface area contributed by atoms with Crippen molar-refractivity contribution in [2.24, 2.45) is 0 Å². The fraction of sp³-hybridized carbons (Fsp3) is 0.207. The molecule has 0 bridgehead atoms. The van der Waals surface area contributed by atoms with E-state index < -0.39 is 0 Å². The van der Waals surface area contributed by atoms with Gasteiger partial charge in [0, 0.05) is 90.5 Å². The summed E-state index contributed by atoms with van der Waals surface area (Å²) in [4.78, 5) is 40.0. The minimum absolute atomic E-state index is 0.0658. The highest BCUT2D eigenvalue weighted by molar-refractivity contribution is 7.09. The predicted molar refractivity (Wildman–Crippen MR) is 145 cm³/mol. The molecule has 4 heterocycles. The lowest BCUT2D eigenvalue weighted by atomic mass is 9.98. The van der Waals surface area contributed by atoms with E-state index >= 15 is 0 Å². The number of aromatic nitrogens is 3. The molecule has 1 aliphatic carbocycles. The van der Waals surface area contributed by atoms with Crippen molar-refractivity contribution in [1.29, 1.82) is 0 Å². The number of fused-ring (bicyclic) bond motifs is 1. The van der Waals surface area contributed by atoms with Crippen LogP contribution < -0.4 is 10.2 Å². The topological polar surface area (TPSA) is 88.1 Å². The van der Waals surface area contributed by atoms with Gasteiger partial charge in [-0.05, 0) is 47.9 Å². The second kappa shape index (κ2) is 10.1. The van der Waals surface area contributed by atoms with Crippen LogP contribution >= 0.6 is 11.3 Å². The summed E-state index contributed by atoms with van der Waals surface area (Å²) < 4.78 is 0. The van der Waals surface area contributed by atoms with Gasteiger partial charge in [0.1, 0.15) is 0 Å². The number of carbonyl (C=O) groups is 2. The average Bonchev–Trinajstić information content (AvgIpc) is 3.70. The number of amides is 2. The van der Waals surface area contributed by atoms with Crippen LogP contribution in [0.2, 0.25) is 0 Å². The van der Waals surface area contributed by atoms with Crippen LogP contribution in [-0.4, -0.2) is 39.9 Å². The third kappa shape index (κ3) is 4.80. The fourth-order valence-corrected chi connectivity index (χ4v) is 5.52. The van der Waals surface area contributed by atoms with E-state index in [0.29, 0.717) is 25.0 Å². The molecule has 3 aromatic heterocycles. The monoisotopic (exact) mass is 507 g/mol.